The summed E-state index contributed by atoms with van der Waals surface area (Å²) in [5.41, 5.74) is 3.97. The van der Waals surface area contributed by atoms with E-state index in [4.69, 9.17) is 16.7 Å². The zero-order valence-corrected chi connectivity index (χ0v) is 16.0. The molecule has 0 radical (unpaired) electrons. The summed E-state index contributed by atoms with van der Waals surface area (Å²) in [6, 6.07) is 9.96. The van der Waals surface area contributed by atoms with E-state index in [9.17, 15) is 0 Å². The minimum Gasteiger partial charge on any atom is -0.299 e. The maximum absolute atomic E-state index is 6.07. The Morgan fingerprint density at radius 1 is 1.15 bits per heavy atom. The predicted molar refractivity (Wildman–Crippen MR) is 107 cm³/mol. The van der Waals surface area contributed by atoms with Crippen molar-refractivity contribution in [3.05, 3.63) is 53.6 Å². The van der Waals surface area contributed by atoms with Crippen molar-refractivity contribution in [1.29, 1.82) is 0 Å². The number of nitrogens with zero attached hydrogens (tertiary/aromatic N) is 5. The number of fused-ring (bicyclic) bond motifs is 1. The molecule has 3 heterocycles. The largest absolute Gasteiger partial charge is 0.299 e. The summed E-state index contributed by atoms with van der Waals surface area (Å²) in [6.07, 6.45) is 4.38. The second kappa shape index (κ2) is 7.78. The topological polar surface area (TPSA) is 46.3 Å². The molecule has 4 rings (SSSR count). The Morgan fingerprint density at radius 2 is 1.92 bits per heavy atom. The molecule has 0 amide bonds. The molecule has 0 saturated carbocycles. The average Bonchev–Trinajstić information content (AvgIpc) is 3.30. The summed E-state index contributed by atoms with van der Waals surface area (Å²) in [5, 5.41) is 15.0. The number of likely N-dealkylation sites (tertiary alicyclic amines) is 1. The molecule has 0 spiro atoms. The van der Waals surface area contributed by atoms with E-state index in [0.29, 0.717) is 0 Å². The van der Waals surface area contributed by atoms with Gasteiger partial charge >= 0.3 is 0 Å². The fourth-order valence-electron chi connectivity index (χ4n) is 3.23. The maximum Gasteiger partial charge on any atom is 0.212 e. The third-order valence-corrected chi connectivity index (χ3v) is 5.65. The number of aromatic nitrogens is 4. The van der Waals surface area contributed by atoms with Crippen molar-refractivity contribution in [3.63, 3.8) is 0 Å². The third kappa shape index (κ3) is 3.63. The molecule has 1 aliphatic heterocycles. The van der Waals surface area contributed by atoms with E-state index < -0.39 is 0 Å². The highest BCUT2D eigenvalue weighted by molar-refractivity contribution is 7.99. The number of benzene rings is 1. The molecule has 1 aliphatic rings. The van der Waals surface area contributed by atoms with Crippen LogP contribution in [0.15, 0.2) is 48.1 Å². The maximum atomic E-state index is 6.07. The van der Waals surface area contributed by atoms with E-state index in [2.05, 4.69) is 27.7 Å². The Labute approximate surface area is 162 Å². The number of halogens is 1. The number of hydrogen-bond acceptors (Lipinski definition) is 5. The second-order valence-electron chi connectivity index (χ2n) is 6.36. The van der Waals surface area contributed by atoms with Crippen LogP contribution < -0.4 is 0 Å². The number of hydrogen-bond donors (Lipinski definition) is 0. The molecular weight excluding hydrogens is 366 g/mol. The van der Waals surface area contributed by atoms with Gasteiger partial charge in [0.05, 0.1) is 5.69 Å². The Morgan fingerprint density at radius 3 is 2.65 bits per heavy atom. The van der Waals surface area contributed by atoms with Crippen LogP contribution in [0.4, 0.5) is 0 Å². The molecule has 0 bridgehead atoms. The van der Waals surface area contributed by atoms with Crippen molar-refractivity contribution in [3.8, 4) is 11.3 Å². The Balaban J connectivity index is 1.79. The first-order chi connectivity index (χ1) is 12.7. The van der Waals surface area contributed by atoms with Crippen molar-refractivity contribution < 1.29 is 0 Å². The van der Waals surface area contributed by atoms with Crippen molar-refractivity contribution in [1.82, 2.24) is 24.7 Å². The molecule has 7 heteroatoms. The molecule has 1 fully saturated rings. The summed E-state index contributed by atoms with van der Waals surface area (Å²) in [6.45, 7) is 6.92. The van der Waals surface area contributed by atoms with Gasteiger partial charge in [-0.15, -0.1) is 16.8 Å². The quantitative estimate of drug-likeness (QED) is 0.467. The minimum atomic E-state index is 0.724. The molecule has 1 saturated heterocycles. The first-order valence-corrected chi connectivity index (χ1v) is 10.1. The van der Waals surface area contributed by atoms with Crippen molar-refractivity contribution >= 4 is 29.0 Å². The van der Waals surface area contributed by atoms with Gasteiger partial charge in [0.25, 0.3) is 0 Å². The first kappa shape index (κ1) is 17.5. The highest BCUT2D eigenvalue weighted by Gasteiger charge is 2.18. The molecule has 26 heavy (non-hydrogen) atoms. The van der Waals surface area contributed by atoms with Crippen molar-refractivity contribution in [2.45, 2.75) is 24.5 Å². The third-order valence-electron chi connectivity index (χ3n) is 4.48. The zero-order chi connectivity index (χ0) is 17.9. The molecule has 0 atom stereocenters. The highest BCUT2D eigenvalue weighted by atomic mass is 35.5. The molecule has 0 unspecified atom stereocenters. The lowest BCUT2D eigenvalue weighted by Gasteiger charge is -2.17. The summed E-state index contributed by atoms with van der Waals surface area (Å²) < 4.78 is 1.82. The van der Waals surface area contributed by atoms with Crippen LogP contribution in [0.5, 0.6) is 0 Å². The molecule has 3 aromatic rings. The second-order valence-corrected chi connectivity index (χ2v) is 7.78. The lowest BCUT2D eigenvalue weighted by molar-refractivity contribution is 0.331. The Bertz CT molecular complexity index is 916. The van der Waals surface area contributed by atoms with Crippen molar-refractivity contribution in [2.24, 2.45) is 0 Å². The molecule has 0 N–H and O–H groups in total. The molecule has 5 nitrogen and oxygen atoms in total. The van der Waals surface area contributed by atoms with E-state index in [-0.39, 0.29) is 0 Å². The lowest BCUT2D eigenvalue weighted by atomic mass is 10.1. The van der Waals surface area contributed by atoms with E-state index in [1.54, 1.807) is 11.8 Å². The molecular formula is C19H20ClN5S. The van der Waals surface area contributed by atoms with Gasteiger partial charge in [-0.05, 0) is 49.7 Å². The van der Waals surface area contributed by atoms with Gasteiger partial charge in [-0.1, -0.05) is 41.6 Å². The van der Waals surface area contributed by atoms with Crippen LogP contribution in [0.2, 0.25) is 5.02 Å². The number of thioether (sulfide) groups is 1. The van der Waals surface area contributed by atoms with Gasteiger partial charge in [0.1, 0.15) is 0 Å². The van der Waals surface area contributed by atoms with E-state index in [0.717, 1.165) is 52.5 Å². The van der Waals surface area contributed by atoms with Gasteiger partial charge in [0.15, 0.2) is 5.65 Å². The first-order valence-electron chi connectivity index (χ1n) is 8.72. The fourth-order valence-corrected chi connectivity index (χ4v) is 3.97. The lowest BCUT2D eigenvalue weighted by Crippen LogP contribution is -2.19. The SMILES string of the molecule is C=CCSc1nnc2cc(CN3CCCC3)c(-c3ccc(Cl)cc3)nn12. The predicted octanol–water partition coefficient (Wildman–Crippen LogP) is 4.32. The summed E-state index contributed by atoms with van der Waals surface area (Å²) in [7, 11) is 0. The monoisotopic (exact) mass is 385 g/mol. The smallest absolute Gasteiger partial charge is 0.212 e. The van der Waals surface area contributed by atoms with Crippen LogP contribution in [-0.4, -0.2) is 43.6 Å². The van der Waals surface area contributed by atoms with Gasteiger partial charge in [-0.25, -0.2) is 0 Å². The van der Waals surface area contributed by atoms with Crippen LogP contribution >= 0.6 is 23.4 Å². The molecule has 134 valence electrons. The Hall–Kier alpha value is -1.89. The highest BCUT2D eigenvalue weighted by Crippen LogP contribution is 2.27. The standard InChI is InChI=1S/C19H20ClN5S/c1-2-11-26-19-22-21-17-12-15(13-24-9-3-4-10-24)18(23-25(17)19)14-5-7-16(20)8-6-14/h2,5-8,12H,1,3-4,9-11,13H2. The molecule has 2 aromatic heterocycles. The average molecular weight is 386 g/mol. The zero-order valence-electron chi connectivity index (χ0n) is 14.4. The van der Waals surface area contributed by atoms with Gasteiger partial charge in [0, 0.05) is 22.9 Å². The number of rotatable bonds is 6. The van der Waals surface area contributed by atoms with E-state index in [1.807, 2.05) is 34.9 Å². The van der Waals surface area contributed by atoms with E-state index in [1.165, 1.54) is 18.4 Å². The van der Waals surface area contributed by atoms with Crippen LogP contribution in [0.25, 0.3) is 16.9 Å². The van der Waals surface area contributed by atoms with Crippen LogP contribution in [0, 0.1) is 0 Å². The summed E-state index contributed by atoms with van der Waals surface area (Å²) >= 11 is 7.65. The van der Waals surface area contributed by atoms with Crippen LogP contribution in [0.3, 0.4) is 0 Å². The summed E-state index contributed by atoms with van der Waals surface area (Å²) in [4.78, 5) is 2.47. The van der Waals surface area contributed by atoms with Crippen LogP contribution in [-0.2, 0) is 6.54 Å². The van der Waals surface area contributed by atoms with Gasteiger partial charge < -0.3 is 0 Å². The minimum absolute atomic E-state index is 0.724. The van der Waals surface area contributed by atoms with Gasteiger partial charge in [-0.2, -0.15) is 9.61 Å². The van der Waals surface area contributed by atoms with Crippen molar-refractivity contribution in [2.75, 3.05) is 18.8 Å². The normalized spacial score (nSPS) is 15.0. The molecule has 1 aromatic carbocycles. The summed E-state index contributed by atoms with van der Waals surface area (Å²) in [5.74, 6) is 0.772. The van der Waals surface area contributed by atoms with Crippen LogP contribution in [0.1, 0.15) is 18.4 Å². The van der Waals surface area contributed by atoms with E-state index >= 15 is 0 Å². The van der Waals surface area contributed by atoms with Gasteiger partial charge in [0.2, 0.25) is 5.16 Å². The Kier molecular flexibility index (Phi) is 5.24. The van der Waals surface area contributed by atoms with Gasteiger partial charge in [-0.3, -0.25) is 4.90 Å². The fraction of sp³-hybridized carbons (Fsp3) is 0.316. The molecule has 0 aliphatic carbocycles.